The van der Waals surface area contributed by atoms with Crippen LogP contribution in [-0.4, -0.2) is 24.3 Å². The van der Waals surface area contributed by atoms with Crippen LogP contribution in [0.3, 0.4) is 0 Å². The average molecular weight is 638 g/mol. The Morgan fingerprint density at radius 1 is 0.810 bits per heavy atom. The van der Waals surface area contributed by atoms with Crippen LogP contribution in [-0.2, 0) is 19.4 Å². The minimum atomic E-state index is -1.39. The quantitative estimate of drug-likeness (QED) is 0.131. The Kier molecular flexibility index (Phi) is 11.2. The molecule has 220 valence electrons. The lowest BCUT2D eigenvalue weighted by Gasteiger charge is -2.17. The van der Waals surface area contributed by atoms with Crippen LogP contribution in [0.2, 0.25) is 0 Å². The Balaban J connectivity index is 1.39. The van der Waals surface area contributed by atoms with E-state index < -0.39 is 17.3 Å². The van der Waals surface area contributed by atoms with Crippen molar-refractivity contribution in [1.82, 2.24) is 0 Å². The molecule has 4 aromatic carbocycles. The summed E-state index contributed by atoms with van der Waals surface area (Å²) in [5.41, 5.74) is 2.45. The number of halogens is 2. The first-order valence-electron chi connectivity index (χ1n) is 14.0. The average Bonchev–Trinajstić information content (AvgIpc) is 2.98. The smallest absolute Gasteiger partial charge is 0.342 e. The Hall–Kier alpha value is -4.04. The zero-order chi connectivity index (χ0) is 29.9. The molecule has 0 atom stereocenters. The van der Waals surface area contributed by atoms with E-state index in [0.717, 1.165) is 45.8 Å². The lowest BCUT2D eigenvalue weighted by atomic mass is 10.1. The molecule has 0 aliphatic rings. The van der Waals surface area contributed by atoms with Crippen LogP contribution in [0.15, 0.2) is 83.3 Å². The molecule has 0 radical (unpaired) electrons. The predicted molar refractivity (Wildman–Crippen MR) is 164 cm³/mol. The molecule has 6 nitrogen and oxygen atoms in total. The Labute approximate surface area is 254 Å². The topological polar surface area (TPSA) is 74.2 Å². The van der Waals surface area contributed by atoms with Gasteiger partial charge in [0, 0.05) is 18.1 Å². The molecule has 0 spiro atoms. The number of hydrogen-bond donors (Lipinski definition) is 1. The summed E-state index contributed by atoms with van der Waals surface area (Å²) < 4.78 is 39.3. The fourth-order valence-corrected chi connectivity index (χ4v) is 4.95. The van der Waals surface area contributed by atoms with Gasteiger partial charge in [0.1, 0.15) is 46.7 Å². The van der Waals surface area contributed by atoms with E-state index in [9.17, 15) is 14.3 Å². The van der Waals surface area contributed by atoms with Gasteiger partial charge in [-0.15, -0.1) is 0 Å². The Morgan fingerprint density at radius 3 is 2.21 bits per heavy atom. The molecule has 4 aromatic rings. The first kappa shape index (κ1) is 30.9. The van der Waals surface area contributed by atoms with Gasteiger partial charge < -0.3 is 24.1 Å². The van der Waals surface area contributed by atoms with E-state index in [4.69, 9.17) is 18.9 Å². The second kappa shape index (κ2) is 15.3. The summed E-state index contributed by atoms with van der Waals surface area (Å²) in [5, 5.41) is 9.47. The number of hydrogen-bond acceptors (Lipinski definition) is 5. The van der Waals surface area contributed by atoms with Gasteiger partial charge in [-0.25, -0.2) is 9.18 Å². The fourth-order valence-electron chi connectivity index (χ4n) is 4.44. The number of carbonyl (C=O) groups is 1. The van der Waals surface area contributed by atoms with Gasteiger partial charge in [0.2, 0.25) is 0 Å². The summed E-state index contributed by atoms with van der Waals surface area (Å²) in [6.07, 6.45) is 2.89. The van der Waals surface area contributed by atoms with Gasteiger partial charge >= 0.3 is 5.97 Å². The van der Waals surface area contributed by atoms with E-state index in [1.165, 1.54) is 12.1 Å². The van der Waals surface area contributed by atoms with Crippen LogP contribution >= 0.6 is 15.9 Å². The molecule has 42 heavy (non-hydrogen) atoms. The summed E-state index contributed by atoms with van der Waals surface area (Å²) >= 11 is 3.62. The number of rotatable bonds is 15. The largest absolute Gasteiger partial charge is 0.493 e. The first-order chi connectivity index (χ1) is 20.4. The molecule has 8 heteroatoms. The van der Waals surface area contributed by atoms with Gasteiger partial charge in [-0.3, -0.25) is 0 Å². The lowest BCUT2D eigenvalue weighted by molar-refractivity contribution is 0.0689. The standard InChI is InChI=1S/C34H34BrFO6/c1-3-11-25-28(15-9-16-29(25)42-30-17-8-14-27(36)33(30)34(37)38)39-18-10-19-40-31-21-32(26(35)20-24(31)4-2)41-22-23-12-6-5-7-13-23/h5-9,12-17,20-21H,3-4,10-11,18-19,22H2,1-2H3,(H,37,38). The Bertz CT molecular complexity index is 1490. The highest BCUT2D eigenvalue weighted by atomic mass is 79.9. The minimum absolute atomic E-state index is 0.0567. The van der Waals surface area contributed by atoms with Crippen LogP contribution in [0.5, 0.6) is 28.7 Å². The van der Waals surface area contributed by atoms with E-state index in [0.29, 0.717) is 49.9 Å². The van der Waals surface area contributed by atoms with E-state index in [2.05, 4.69) is 22.9 Å². The van der Waals surface area contributed by atoms with Crippen molar-refractivity contribution in [1.29, 1.82) is 0 Å². The molecule has 1 N–H and O–H groups in total. The molecule has 0 heterocycles. The van der Waals surface area contributed by atoms with Crippen LogP contribution in [0, 0.1) is 5.82 Å². The summed E-state index contributed by atoms with van der Waals surface area (Å²) in [6, 6.07) is 23.3. The fraction of sp³-hybridized carbons (Fsp3) is 0.265. The summed E-state index contributed by atoms with van der Waals surface area (Å²) in [4.78, 5) is 11.6. The molecule has 4 rings (SSSR count). The van der Waals surface area contributed by atoms with Gasteiger partial charge in [0.15, 0.2) is 0 Å². The third kappa shape index (κ3) is 8.03. The van der Waals surface area contributed by atoms with Crippen LogP contribution < -0.4 is 18.9 Å². The number of carboxylic acids is 1. The van der Waals surface area contributed by atoms with Gasteiger partial charge in [0.25, 0.3) is 0 Å². The van der Waals surface area contributed by atoms with Crippen molar-refractivity contribution in [2.24, 2.45) is 0 Å². The predicted octanol–water partition coefficient (Wildman–Crippen LogP) is 9.02. The normalized spacial score (nSPS) is 10.8. The van der Waals surface area contributed by atoms with E-state index in [1.54, 1.807) is 12.1 Å². The first-order valence-corrected chi connectivity index (χ1v) is 14.8. The van der Waals surface area contributed by atoms with E-state index >= 15 is 0 Å². The minimum Gasteiger partial charge on any atom is -0.493 e. The number of aryl methyl sites for hydroxylation is 1. The SMILES string of the molecule is CCCc1c(OCCCOc2cc(OCc3ccccc3)c(Br)cc2CC)cccc1Oc1cccc(F)c1C(=O)O. The highest BCUT2D eigenvalue weighted by Gasteiger charge is 2.19. The summed E-state index contributed by atoms with van der Waals surface area (Å²) in [7, 11) is 0. The molecular formula is C34H34BrFO6. The molecular weight excluding hydrogens is 603 g/mol. The second-order valence-corrected chi connectivity index (χ2v) is 10.4. The number of carboxylic acid groups (broad SMARTS) is 1. The van der Waals surface area contributed by atoms with E-state index in [-0.39, 0.29) is 5.75 Å². The van der Waals surface area contributed by atoms with Crippen molar-refractivity contribution in [3.05, 3.63) is 111 Å². The number of ether oxygens (including phenoxy) is 4. The molecule has 0 fully saturated rings. The third-order valence-electron chi connectivity index (χ3n) is 6.54. The molecule has 0 aromatic heterocycles. The zero-order valence-corrected chi connectivity index (χ0v) is 25.3. The third-order valence-corrected chi connectivity index (χ3v) is 7.16. The van der Waals surface area contributed by atoms with Crippen LogP contribution in [0.4, 0.5) is 4.39 Å². The maximum Gasteiger partial charge on any atom is 0.342 e. The van der Waals surface area contributed by atoms with Gasteiger partial charge in [0.05, 0.1) is 17.7 Å². The highest BCUT2D eigenvalue weighted by Crippen LogP contribution is 2.36. The van der Waals surface area contributed by atoms with Gasteiger partial charge in [-0.1, -0.05) is 62.7 Å². The van der Waals surface area contributed by atoms with Crippen LogP contribution in [0.1, 0.15) is 53.7 Å². The molecule has 0 amide bonds. The molecule has 0 saturated carbocycles. The lowest BCUT2D eigenvalue weighted by Crippen LogP contribution is -2.08. The van der Waals surface area contributed by atoms with Crippen molar-refractivity contribution in [2.45, 2.75) is 46.1 Å². The van der Waals surface area contributed by atoms with Crippen molar-refractivity contribution < 1.29 is 33.2 Å². The maximum atomic E-state index is 14.2. The van der Waals surface area contributed by atoms with Crippen molar-refractivity contribution >= 4 is 21.9 Å². The summed E-state index contributed by atoms with van der Waals surface area (Å²) in [6.45, 7) is 5.40. The van der Waals surface area contributed by atoms with E-state index in [1.807, 2.05) is 55.5 Å². The van der Waals surface area contributed by atoms with Crippen molar-refractivity contribution in [3.8, 4) is 28.7 Å². The maximum absolute atomic E-state index is 14.2. The molecule has 0 bridgehead atoms. The highest BCUT2D eigenvalue weighted by molar-refractivity contribution is 9.10. The van der Waals surface area contributed by atoms with Crippen molar-refractivity contribution in [2.75, 3.05) is 13.2 Å². The second-order valence-electron chi connectivity index (χ2n) is 9.57. The van der Waals surface area contributed by atoms with Gasteiger partial charge in [-0.05, 0) is 70.2 Å². The van der Waals surface area contributed by atoms with Crippen LogP contribution in [0.25, 0.3) is 0 Å². The molecule has 0 aliphatic heterocycles. The number of aromatic carboxylic acids is 1. The molecule has 0 unspecified atom stereocenters. The number of benzene rings is 4. The molecule has 0 saturated heterocycles. The summed E-state index contributed by atoms with van der Waals surface area (Å²) in [5.74, 6) is 0.263. The van der Waals surface area contributed by atoms with Gasteiger partial charge in [-0.2, -0.15) is 0 Å². The zero-order valence-electron chi connectivity index (χ0n) is 23.7. The Morgan fingerprint density at radius 2 is 1.50 bits per heavy atom. The monoisotopic (exact) mass is 636 g/mol. The molecule has 0 aliphatic carbocycles. The van der Waals surface area contributed by atoms with Crippen molar-refractivity contribution in [3.63, 3.8) is 0 Å².